The van der Waals surface area contributed by atoms with Crippen LogP contribution in [0.1, 0.15) is 20.8 Å². The van der Waals surface area contributed by atoms with Crippen molar-refractivity contribution in [3.05, 3.63) is 52.5 Å². The Kier molecular flexibility index (Phi) is 5.24. The van der Waals surface area contributed by atoms with E-state index in [4.69, 9.17) is 20.0 Å². The molecular formula is C22H23N6O3S+. The highest BCUT2D eigenvalue weighted by molar-refractivity contribution is 7.21. The summed E-state index contributed by atoms with van der Waals surface area (Å²) >= 11 is 1.26. The van der Waals surface area contributed by atoms with Crippen LogP contribution in [0, 0.1) is 13.8 Å². The molecule has 1 aliphatic heterocycles. The molecule has 0 spiro atoms. The number of amides is 1. The number of nitrogen functional groups attached to an aromatic ring is 1. The number of anilines is 2. The normalized spacial score (nSPS) is 14.1. The zero-order valence-corrected chi connectivity index (χ0v) is 18.6. The Bertz CT molecular complexity index is 1290. The number of carbonyl (C=O) groups is 1. The van der Waals surface area contributed by atoms with Gasteiger partial charge in [0.25, 0.3) is 12.1 Å². The van der Waals surface area contributed by atoms with Crippen LogP contribution < -0.4 is 20.9 Å². The number of nitrogens with two attached hydrogens (primary N) is 1. The van der Waals surface area contributed by atoms with Gasteiger partial charge >= 0.3 is 5.88 Å². The number of benzene rings is 1. The smallest absolute Gasteiger partial charge is 0.306 e. The van der Waals surface area contributed by atoms with E-state index in [9.17, 15) is 4.79 Å². The molecule has 1 aromatic carbocycles. The van der Waals surface area contributed by atoms with Gasteiger partial charge in [-0.25, -0.2) is 4.98 Å². The minimum Gasteiger partial charge on any atom is -0.397 e. The van der Waals surface area contributed by atoms with E-state index in [-0.39, 0.29) is 11.8 Å². The molecule has 0 saturated carbocycles. The lowest BCUT2D eigenvalue weighted by Crippen LogP contribution is -2.62. The van der Waals surface area contributed by atoms with Crippen molar-refractivity contribution in [2.24, 2.45) is 0 Å². The van der Waals surface area contributed by atoms with Crippen LogP contribution in [0.4, 0.5) is 11.6 Å². The van der Waals surface area contributed by atoms with Crippen LogP contribution in [0.3, 0.4) is 0 Å². The Morgan fingerprint density at radius 1 is 1.22 bits per heavy atom. The average molecular weight is 452 g/mol. The Labute approximate surface area is 188 Å². The largest absolute Gasteiger partial charge is 0.397 e. The first-order chi connectivity index (χ1) is 15.5. The molecule has 1 amide bonds. The summed E-state index contributed by atoms with van der Waals surface area (Å²) in [6, 6.07) is 10.2. The van der Waals surface area contributed by atoms with E-state index in [2.05, 4.69) is 41.8 Å². The fourth-order valence-corrected chi connectivity index (χ4v) is 4.64. The zero-order valence-electron chi connectivity index (χ0n) is 17.8. The molecule has 4 aromatic rings. The van der Waals surface area contributed by atoms with Crippen molar-refractivity contribution >= 4 is 39.0 Å². The molecule has 1 aliphatic rings. The monoisotopic (exact) mass is 451 g/mol. The molecule has 0 unspecified atom stereocenters. The van der Waals surface area contributed by atoms with Crippen LogP contribution >= 0.6 is 11.3 Å². The highest BCUT2D eigenvalue weighted by atomic mass is 32.1. The number of morpholine rings is 1. The molecule has 0 bridgehead atoms. The highest BCUT2D eigenvalue weighted by Gasteiger charge is 2.25. The van der Waals surface area contributed by atoms with Crippen molar-refractivity contribution in [1.82, 2.24) is 10.3 Å². The number of hydrogen-bond acceptors (Lipinski definition) is 8. The molecule has 9 nitrogen and oxygen atoms in total. The van der Waals surface area contributed by atoms with Crippen molar-refractivity contribution in [2.75, 3.05) is 42.4 Å². The third-order valence-corrected chi connectivity index (χ3v) is 6.53. The van der Waals surface area contributed by atoms with Gasteiger partial charge in [-0.3, -0.25) is 14.6 Å². The van der Waals surface area contributed by atoms with E-state index in [0.717, 1.165) is 27.0 Å². The van der Waals surface area contributed by atoms with Gasteiger partial charge in [0.15, 0.2) is 0 Å². The molecular weight excluding hydrogens is 428 g/mol. The summed E-state index contributed by atoms with van der Waals surface area (Å²) in [5.74, 6) is -0.117. The molecule has 0 radical (unpaired) electrons. The van der Waals surface area contributed by atoms with Crippen LogP contribution in [0.25, 0.3) is 21.5 Å². The number of pyridine rings is 1. The molecule has 5 rings (SSSR count). The predicted octanol–water partition coefficient (Wildman–Crippen LogP) is 2.66. The van der Waals surface area contributed by atoms with Gasteiger partial charge in [-0.1, -0.05) is 29.8 Å². The predicted molar refractivity (Wildman–Crippen MR) is 122 cm³/mol. The number of aryl methyl sites for hydroxylation is 2. The van der Waals surface area contributed by atoms with Gasteiger partial charge in [-0.2, -0.15) is 0 Å². The zero-order chi connectivity index (χ0) is 22.2. The summed E-state index contributed by atoms with van der Waals surface area (Å²) < 4.78 is 10.6. The lowest BCUT2D eigenvalue weighted by Gasteiger charge is -2.18. The maximum absolute atomic E-state index is 12.9. The Hall–Kier alpha value is -3.50. The van der Waals surface area contributed by atoms with Gasteiger partial charge in [0.2, 0.25) is 5.27 Å². The third kappa shape index (κ3) is 3.78. The summed E-state index contributed by atoms with van der Waals surface area (Å²) in [4.78, 5) is 20.4. The van der Waals surface area contributed by atoms with Gasteiger partial charge in [0, 0.05) is 10.9 Å². The number of fused-ring (bicyclic) bond motifs is 1. The topological polar surface area (TPSA) is 110 Å². The Morgan fingerprint density at radius 2 is 1.97 bits per heavy atom. The molecule has 1 fully saturated rings. The summed E-state index contributed by atoms with van der Waals surface area (Å²) in [7, 11) is 0. The maximum atomic E-state index is 12.9. The molecule has 3 aromatic heterocycles. The van der Waals surface area contributed by atoms with Crippen LogP contribution in [0.15, 0.2) is 41.1 Å². The van der Waals surface area contributed by atoms with Gasteiger partial charge in [0.1, 0.15) is 9.71 Å². The van der Waals surface area contributed by atoms with Crippen molar-refractivity contribution in [1.29, 1.82) is 0 Å². The second kappa shape index (κ2) is 8.21. The first kappa shape index (κ1) is 20.4. The van der Waals surface area contributed by atoms with E-state index in [1.807, 2.05) is 18.0 Å². The van der Waals surface area contributed by atoms with Gasteiger partial charge in [0.05, 0.1) is 42.5 Å². The standard InChI is InChI=1S/C22H22N6O3S/c1-13-3-5-15(6-4-13)19-14(2)11-16-18(23)20(32-22(16)25-19)21(29)24-17-12-28(26-31-17)27-7-9-30-10-8-27/h3-6,11-12H,7-10H2,1-2H3,(H2-,23,24,26,29)/p+1. The molecule has 32 heavy (non-hydrogen) atoms. The van der Waals surface area contributed by atoms with Crippen molar-refractivity contribution in [3.8, 4) is 11.3 Å². The van der Waals surface area contributed by atoms with Gasteiger partial charge in [-0.15, -0.1) is 16.3 Å². The van der Waals surface area contributed by atoms with Crippen LogP contribution in [0.2, 0.25) is 0 Å². The van der Waals surface area contributed by atoms with E-state index in [1.54, 1.807) is 11.0 Å². The SMILES string of the molecule is Cc1ccc(-c2nc3sc(C(=O)Nc4c[n+](N5CCOCC5)no4)c(N)c3cc2C)cc1. The van der Waals surface area contributed by atoms with E-state index in [1.165, 1.54) is 16.9 Å². The number of hydrogen-bond donors (Lipinski definition) is 2. The second-order valence-corrected chi connectivity index (χ2v) is 8.72. The number of nitrogens with zero attached hydrogens (tertiary/aromatic N) is 4. The second-order valence-electron chi connectivity index (χ2n) is 7.72. The van der Waals surface area contributed by atoms with Crippen LogP contribution in [0.5, 0.6) is 0 Å². The minimum absolute atomic E-state index is 0.239. The van der Waals surface area contributed by atoms with Crippen LogP contribution in [-0.4, -0.2) is 42.5 Å². The summed E-state index contributed by atoms with van der Waals surface area (Å²) in [6.07, 6.45) is 1.63. The number of thiophene rings is 1. The lowest BCUT2D eigenvalue weighted by atomic mass is 10.0. The fourth-order valence-electron chi connectivity index (χ4n) is 3.67. The van der Waals surface area contributed by atoms with Gasteiger partial charge in [-0.05, 0) is 25.5 Å². The van der Waals surface area contributed by atoms with Crippen LogP contribution in [-0.2, 0) is 4.74 Å². The van der Waals surface area contributed by atoms with Gasteiger partial charge < -0.3 is 10.5 Å². The van der Waals surface area contributed by atoms with Crippen molar-refractivity contribution < 1.29 is 18.8 Å². The molecule has 1 saturated heterocycles. The number of aromatic nitrogens is 3. The first-order valence-corrected chi connectivity index (χ1v) is 11.1. The highest BCUT2D eigenvalue weighted by Crippen LogP contribution is 2.36. The number of rotatable bonds is 4. The Morgan fingerprint density at radius 3 is 2.72 bits per heavy atom. The molecule has 10 heteroatoms. The van der Waals surface area contributed by atoms with E-state index in [0.29, 0.717) is 36.9 Å². The van der Waals surface area contributed by atoms with Crippen molar-refractivity contribution in [2.45, 2.75) is 13.8 Å². The Balaban J connectivity index is 1.41. The number of ether oxygens (including phenoxy) is 1. The lowest BCUT2D eigenvalue weighted by molar-refractivity contribution is -0.759. The average Bonchev–Trinajstić information content (AvgIpc) is 3.39. The number of nitrogens with one attached hydrogen (secondary N) is 1. The number of carbonyl (C=O) groups excluding carboxylic acids is 1. The fraction of sp³-hybridized carbons (Fsp3) is 0.273. The molecule has 164 valence electrons. The quantitative estimate of drug-likeness (QED) is 0.459. The van der Waals surface area contributed by atoms with Crippen molar-refractivity contribution in [3.63, 3.8) is 0 Å². The summed E-state index contributed by atoms with van der Waals surface area (Å²) in [6.45, 7) is 6.69. The molecule has 0 atom stereocenters. The minimum atomic E-state index is -0.356. The molecule has 0 aliphatic carbocycles. The molecule has 3 N–H and O–H groups in total. The third-order valence-electron chi connectivity index (χ3n) is 5.41. The maximum Gasteiger partial charge on any atom is 0.306 e. The summed E-state index contributed by atoms with van der Waals surface area (Å²) in [5.41, 5.74) is 10.8. The van der Waals surface area contributed by atoms with E-state index < -0.39 is 0 Å². The molecule has 4 heterocycles. The summed E-state index contributed by atoms with van der Waals surface area (Å²) in [5, 5.41) is 9.45. The first-order valence-electron chi connectivity index (χ1n) is 10.3. The van der Waals surface area contributed by atoms with E-state index >= 15 is 0 Å².